The van der Waals surface area contributed by atoms with E-state index in [-0.39, 0.29) is 17.7 Å². The van der Waals surface area contributed by atoms with Crippen molar-refractivity contribution in [1.29, 1.82) is 0 Å². The second-order valence-corrected chi connectivity index (χ2v) is 11.7. The van der Waals surface area contributed by atoms with Gasteiger partial charge in [-0.2, -0.15) is 0 Å². The van der Waals surface area contributed by atoms with Crippen molar-refractivity contribution in [2.24, 2.45) is 5.92 Å². The van der Waals surface area contributed by atoms with Crippen LogP contribution in [0.1, 0.15) is 59.8 Å². The number of fused-ring (bicyclic) bond motifs is 3. The van der Waals surface area contributed by atoms with Crippen LogP contribution in [0.15, 0.2) is 85.1 Å². The Hall–Kier alpha value is -4.03. The summed E-state index contributed by atoms with van der Waals surface area (Å²) >= 11 is 0. The minimum Gasteiger partial charge on any atom is -0.354 e. The van der Waals surface area contributed by atoms with Gasteiger partial charge in [0.05, 0.1) is 5.69 Å². The van der Waals surface area contributed by atoms with E-state index in [4.69, 9.17) is 4.98 Å². The second-order valence-electron chi connectivity index (χ2n) is 11.7. The SMILES string of the molecule is O=C(Nc1ccc(C2Cc3cnc(NCCCN4CCCC4)nc3-c3ccccc32)cc1)[C@@H]1C[C@H]1c1ccccc1. The summed E-state index contributed by atoms with van der Waals surface area (Å²) in [4.78, 5) is 25.1. The fourth-order valence-corrected chi connectivity index (χ4v) is 6.61. The lowest BCUT2D eigenvalue weighted by atomic mass is 9.78. The molecule has 1 amide bonds. The van der Waals surface area contributed by atoms with Gasteiger partial charge in [0.2, 0.25) is 11.9 Å². The molecule has 1 saturated carbocycles. The molecular formula is C35H37N5O. The van der Waals surface area contributed by atoms with Crippen molar-refractivity contribution >= 4 is 17.5 Å². The van der Waals surface area contributed by atoms with E-state index in [2.05, 4.69) is 69.0 Å². The van der Waals surface area contributed by atoms with Crippen LogP contribution in [0.3, 0.4) is 0 Å². The van der Waals surface area contributed by atoms with Gasteiger partial charge in [0, 0.05) is 35.8 Å². The summed E-state index contributed by atoms with van der Waals surface area (Å²) in [6.07, 6.45) is 7.54. The van der Waals surface area contributed by atoms with Gasteiger partial charge in [-0.15, -0.1) is 0 Å². The molecule has 6 heteroatoms. The highest BCUT2D eigenvalue weighted by molar-refractivity contribution is 5.95. The molecule has 2 N–H and O–H groups in total. The Morgan fingerprint density at radius 3 is 2.51 bits per heavy atom. The molecule has 2 fully saturated rings. The molecule has 6 nitrogen and oxygen atoms in total. The lowest BCUT2D eigenvalue weighted by Crippen LogP contribution is -2.22. The number of rotatable bonds is 9. The summed E-state index contributed by atoms with van der Waals surface area (Å²) in [6.45, 7) is 4.50. The fourth-order valence-electron chi connectivity index (χ4n) is 6.61. The van der Waals surface area contributed by atoms with Gasteiger partial charge in [-0.1, -0.05) is 66.7 Å². The predicted octanol–water partition coefficient (Wildman–Crippen LogP) is 6.47. The normalized spacial score (nSPS) is 21.1. The number of likely N-dealkylation sites (tertiary alicyclic amines) is 1. The Bertz CT molecular complexity index is 1510. The zero-order valence-electron chi connectivity index (χ0n) is 23.4. The van der Waals surface area contributed by atoms with Gasteiger partial charge >= 0.3 is 0 Å². The number of nitrogens with zero attached hydrogens (tertiary/aromatic N) is 3. The van der Waals surface area contributed by atoms with Crippen LogP contribution >= 0.6 is 0 Å². The van der Waals surface area contributed by atoms with Crippen LogP contribution in [-0.2, 0) is 11.2 Å². The molecule has 1 aliphatic heterocycles. The summed E-state index contributed by atoms with van der Waals surface area (Å²) in [6, 6.07) is 27.3. The largest absolute Gasteiger partial charge is 0.354 e. The zero-order valence-corrected chi connectivity index (χ0v) is 23.4. The van der Waals surface area contributed by atoms with Crippen molar-refractivity contribution < 1.29 is 4.79 Å². The highest BCUT2D eigenvalue weighted by Crippen LogP contribution is 2.48. The molecule has 2 heterocycles. The van der Waals surface area contributed by atoms with Gasteiger partial charge in [0.15, 0.2) is 0 Å². The van der Waals surface area contributed by atoms with E-state index >= 15 is 0 Å². The van der Waals surface area contributed by atoms with Crippen LogP contribution in [0, 0.1) is 5.92 Å². The third-order valence-corrected chi connectivity index (χ3v) is 8.95. The van der Waals surface area contributed by atoms with Gasteiger partial charge in [-0.05, 0) is 92.0 Å². The van der Waals surface area contributed by atoms with Crippen LogP contribution < -0.4 is 10.6 Å². The summed E-state index contributed by atoms with van der Waals surface area (Å²) in [5.74, 6) is 1.44. The Morgan fingerprint density at radius 2 is 1.68 bits per heavy atom. The van der Waals surface area contributed by atoms with Crippen LogP contribution in [0.25, 0.3) is 11.3 Å². The monoisotopic (exact) mass is 543 g/mol. The van der Waals surface area contributed by atoms with E-state index in [0.29, 0.717) is 11.9 Å². The fraction of sp³-hybridized carbons (Fsp3) is 0.343. The first kappa shape index (κ1) is 25.9. The number of carbonyl (C=O) groups is 1. The maximum Gasteiger partial charge on any atom is 0.228 e. The number of aromatic nitrogens is 2. The molecule has 3 aromatic carbocycles. The van der Waals surface area contributed by atoms with Crippen LogP contribution in [0.2, 0.25) is 0 Å². The van der Waals surface area contributed by atoms with E-state index < -0.39 is 0 Å². The molecule has 7 rings (SSSR count). The van der Waals surface area contributed by atoms with E-state index in [1.807, 2.05) is 36.5 Å². The Morgan fingerprint density at radius 1 is 0.902 bits per heavy atom. The highest BCUT2D eigenvalue weighted by atomic mass is 16.2. The third kappa shape index (κ3) is 5.62. The molecule has 4 aromatic rings. The van der Waals surface area contributed by atoms with E-state index in [0.717, 1.165) is 43.7 Å². The topological polar surface area (TPSA) is 70.2 Å². The van der Waals surface area contributed by atoms with Gasteiger partial charge in [-0.25, -0.2) is 9.97 Å². The number of carbonyl (C=O) groups excluding carboxylic acids is 1. The van der Waals surface area contributed by atoms with E-state index in [9.17, 15) is 4.79 Å². The molecule has 1 unspecified atom stereocenters. The third-order valence-electron chi connectivity index (χ3n) is 8.95. The van der Waals surface area contributed by atoms with Gasteiger partial charge < -0.3 is 15.5 Å². The second kappa shape index (κ2) is 11.5. The Kier molecular flexibility index (Phi) is 7.24. The van der Waals surface area contributed by atoms with Crippen molar-refractivity contribution in [2.75, 3.05) is 36.8 Å². The summed E-state index contributed by atoms with van der Waals surface area (Å²) < 4.78 is 0. The molecule has 41 heavy (non-hydrogen) atoms. The number of amides is 1. The summed E-state index contributed by atoms with van der Waals surface area (Å²) in [5, 5.41) is 6.60. The van der Waals surface area contributed by atoms with Crippen molar-refractivity contribution in [3.63, 3.8) is 0 Å². The van der Waals surface area contributed by atoms with Gasteiger partial charge in [-0.3, -0.25) is 4.79 Å². The smallest absolute Gasteiger partial charge is 0.228 e. The molecule has 1 saturated heterocycles. The van der Waals surface area contributed by atoms with Crippen LogP contribution in [0.5, 0.6) is 0 Å². The maximum atomic E-state index is 12.9. The zero-order chi connectivity index (χ0) is 27.6. The number of hydrogen-bond acceptors (Lipinski definition) is 5. The first-order valence-electron chi connectivity index (χ1n) is 15.1. The maximum absolute atomic E-state index is 12.9. The number of hydrogen-bond donors (Lipinski definition) is 2. The van der Waals surface area contributed by atoms with Crippen molar-refractivity contribution in [1.82, 2.24) is 14.9 Å². The van der Waals surface area contributed by atoms with Crippen molar-refractivity contribution in [3.8, 4) is 11.3 Å². The van der Waals surface area contributed by atoms with Crippen molar-refractivity contribution in [2.45, 2.75) is 43.9 Å². The molecule has 3 atom stereocenters. The molecule has 1 aromatic heterocycles. The molecule has 208 valence electrons. The summed E-state index contributed by atoms with van der Waals surface area (Å²) in [5.41, 5.74) is 8.02. The number of benzene rings is 3. The molecule has 0 radical (unpaired) electrons. The average molecular weight is 544 g/mol. The molecule has 0 bridgehead atoms. The predicted molar refractivity (Wildman–Crippen MR) is 164 cm³/mol. The van der Waals surface area contributed by atoms with Crippen molar-refractivity contribution in [3.05, 3.63) is 107 Å². The first-order valence-corrected chi connectivity index (χ1v) is 15.1. The number of anilines is 2. The van der Waals surface area contributed by atoms with E-state index in [1.165, 1.54) is 53.7 Å². The molecule has 3 aliphatic rings. The lowest BCUT2D eigenvalue weighted by molar-refractivity contribution is -0.117. The van der Waals surface area contributed by atoms with E-state index in [1.54, 1.807) is 0 Å². The van der Waals surface area contributed by atoms with Crippen LogP contribution in [0.4, 0.5) is 11.6 Å². The Balaban J connectivity index is 1.01. The van der Waals surface area contributed by atoms with Gasteiger partial charge in [0.25, 0.3) is 0 Å². The van der Waals surface area contributed by atoms with Gasteiger partial charge in [0.1, 0.15) is 0 Å². The molecular weight excluding hydrogens is 506 g/mol. The Labute approximate surface area is 242 Å². The molecule has 0 spiro atoms. The minimum absolute atomic E-state index is 0.0586. The first-order chi connectivity index (χ1) is 20.2. The average Bonchev–Trinajstić information content (AvgIpc) is 3.67. The van der Waals surface area contributed by atoms with Crippen LogP contribution in [-0.4, -0.2) is 47.0 Å². The number of nitrogens with one attached hydrogen (secondary N) is 2. The lowest BCUT2D eigenvalue weighted by Gasteiger charge is -2.27. The summed E-state index contributed by atoms with van der Waals surface area (Å²) in [7, 11) is 0. The standard InChI is InChI=1S/C35H37N5O/c41-34(32-22-31(32)24-9-2-1-3-10-24)38-27-15-13-25(14-16-27)30-21-26-23-37-35(36-17-8-20-40-18-6-7-19-40)39-33(26)29-12-5-4-11-28(29)30/h1-5,9-16,23,30-32H,6-8,17-22H2,(H,38,41)(H,36,37,39)/t30?,31-,32+/m0/s1. The highest BCUT2D eigenvalue weighted by Gasteiger charge is 2.43. The quantitative estimate of drug-likeness (QED) is 0.237. The molecule has 2 aliphatic carbocycles. The minimum atomic E-state index is 0.0586.